The molecule has 1 aromatic carbocycles. The highest BCUT2D eigenvalue weighted by Gasteiger charge is 2.24. The van der Waals surface area contributed by atoms with Gasteiger partial charge in [0.15, 0.2) is 0 Å². The number of amides is 1. The molecule has 0 spiro atoms. The highest BCUT2D eigenvalue weighted by molar-refractivity contribution is 6.02. The van der Waals surface area contributed by atoms with Crippen LogP contribution in [0.3, 0.4) is 0 Å². The SMILES string of the molecule is COc1ccc(-n2c(C)cc(C=C(C#N)C(=O)N3CCC3)c2C)cc1. The number of benzene rings is 1. The van der Waals surface area contributed by atoms with Crippen molar-refractivity contribution in [1.29, 1.82) is 5.26 Å². The lowest BCUT2D eigenvalue weighted by Gasteiger charge is -2.30. The average Bonchev–Trinajstić information content (AvgIpc) is 2.84. The molecule has 0 atom stereocenters. The number of aromatic nitrogens is 1. The smallest absolute Gasteiger partial charge is 0.264 e. The minimum atomic E-state index is -0.178. The molecule has 0 saturated carbocycles. The van der Waals surface area contributed by atoms with Crippen LogP contribution in [0.1, 0.15) is 23.4 Å². The van der Waals surface area contributed by atoms with Crippen LogP contribution in [0, 0.1) is 25.2 Å². The molecule has 0 radical (unpaired) electrons. The molecule has 0 unspecified atom stereocenters. The van der Waals surface area contributed by atoms with Crippen molar-refractivity contribution in [1.82, 2.24) is 9.47 Å². The van der Waals surface area contributed by atoms with Crippen molar-refractivity contribution in [2.45, 2.75) is 20.3 Å². The first-order valence-electron chi connectivity index (χ1n) is 8.29. The Morgan fingerprint density at radius 1 is 1.24 bits per heavy atom. The van der Waals surface area contributed by atoms with Crippen LogP contribution in [0.4, 0.5) is 0 Å². The van der Waals surface area contributed by atoms with Crippen molar-refractivity contribution >= 4 is 12.0 Å². The maximum atomic E-state index is 12.3. The van der Waals surface area contributed by atoms with Gasteiger partial charge in [-0.2, -0.15) is 5.26 Å². The molecule has 2 aromatic rings. The average molecular weight is 335 g/mol. The van der Waals surface area contributed by atoms with Gasteiger partial charge in [0, 0.05) is 30.2 Å². The Labute approximate surface area is 147 Å². The fourth-order valence-electron chi connectivity index (χ4n) is 3.05. The lowest BCUT2D eigenvalue weighted by atomic mass is 10.1. The molecular formula is C20H21N3O2. The number of nitriles is 1. The summed E-state index contributed by atoms with van der Waals surface area (Å²) in [6, 6.07) is 11.9. The van der Waals surface area contributed by atoms with Gasteiger partial charge in [-0.05, 0) is 62.2 Å². The van der Waals surface area contributed by atoms with Crippen molar-refractivity contribution in [2.24, 2.45) is 0 Å². The Morgan fingerprint density at radius 2 is 1.92 bits per heavy atom. The van der Waals surface area contributed by atoms with Gasteiger partial charge >= 0.3 is 0 Å². The van der Waals surface area contributed by atoms with Crippen LogP contribution in [0.2, 0.25) is 0 Å². The van der Waals surface area contributed by atoms with Gasteiger partial charge in [-0.1, -0.05) is 0 Å². The van der Waals surface area contributed by atoms with Crippen molar-refractivity contribution < 1.29 is 9.53 Å². The number of ether oxygens (including phenoxy) is 1. The Balaban J connectivity index is 1.97. The van der Waals surface area contributed by atoms with Gasteiger partial charge in [-0.3, -0.25) is 4.79 Å². The second kappa shape index (κ2) is 6.86. The van der Waals surface area contributed by atoms with E-state index in [-0.39, 0.29) is 11.5 Å². The van der Waals surface area contributed by atoms with E-state index in [9.17, 15) is 10.1 Å². The fourth-order valence-corrected chi connectivity index (χ4v) is 3.05. The van der Waals surface area contributed by atoms with E-state index >= 15 is 0 Å². The zero-order valence-corrected chi connectivity index (χ0v) is 14.7. The lowest BCUT2D eigenvalue weighted by molar-refractivity contribution is -0.129. The second-order valence-electron chi connectivity index (χ2n) is 6.18. The van der Waals surface area contributed by atoms with Crippen LogP contribution < -0.4 is 4.74 Å². The maximum Gasteiger partial charge on any atom is 0.264 e. The first-order chi connectivity index (χ1) is 12.0. The van der Waals surface area contributed by atoms with Crippen LogP contribution in [0.15, 0.2) is 35.9 Å². The topological polar surface area (TPSA) is 58.3 Å². The summed E-state index contributed by atoms with van der Waals surface area (Å²) in [6.45, 7) is 5.48. The highest BCUT2D eigenvalue weighted by Crippen LogP contribution is 2.25. The third kappa shape index (κ3) is 3.16. The normalized spacial score (nSPS) is 14.0. The summed E-state index contributed by atoms with van der Waals surface area (Å²) < 4.78 is 7.31. The molecule has 1 saturated heterocycles. The van der Waals surface area contributed by atoms with Crippen LogP contribution in [0.5, 0.6) is 5.75 Å². The molecule has 3 rings (SSSR count). The minimum Gasteiger partial charge on any atom is -0.497 e. The molecule has 5 heteroatoms. The number of hydrogen-bond acceptors (Lipinski definition) is 3. The summed E-state index contributed by atoms with van der Waals surface area (Å²) in [7, 11) is 1.64. The molecule has 1 amide bonds. The molecule has 5 nitrogen and oxygen atoms in total. The Bertz CT molecular complexity index is 866. The van der Waals surface area contributed by atoms with Gasteiger partial charge in [0.25, 0.3) is 5.91 Å². The van der Waals surface area contributed by atoms with E-state index in [0.29, 0.717) is 0 Å². The van der Waals surface area contributed by atoms with E-state index in [1.807, 2.05) is 44.2 Å². The van der Waals surface area contributed by atoms with E-state index in [1.54, 1.807) is 18.1 Å². The summed E-state index contributed by atoms with van der Waals surface area (Å²) in [5.41, 5.74) is 4.13. The molecule has 0 bridgehead atoms. The van der Waals surface area contributed by atoms with E-state index in [2.05, 4.69) is 10.6 Å². The Morgan fingerprint density at radius 3 is 2.44 bits per heavy atom. The summed E-state index contributed by atoms with van der Waals surface area (Å²) in [5, 5.41) is 9.38. The third-order valence-electron chi connectivity index (χ3n) is 4.59. The number of carbonyl (C=O) groups excluding carboxylic acids is 1. The molecule has 1 aliphatic rings. The van der Waals surface area contributed by atoms with Crippen LogP contribution in [-0.4, -0.2) is 35.6 Å². The number of rotatable bonds is 4. The lowest BCUT2D eigenvalue weighted by Crippen LogP contribution is -2.42. The van der Waals surface area contributed by atoms with Crippen LogP contribution in [-0.2, 0) is 4.79 Å². The van der Waals surface area contributed by atoms with Crippen molar-refractivity contribution in [3.8, 4) is 17.5 Å². The molecule has 0 aliphatic carbocycles. The molecule has 25 heavy (non-hydrogen) atoms. The van der Waals surface area contributed by atoms with E-state index < -0.39 is 0 Å². The summed E-state index contributed by atoms with van der Waals surface area (Å²) in [6.07, 6.45) is 2.71. The number of methoxy groups -OCH3 is 1. The van der Waals surface area contributed by atoms with Gasteiger partial charge in [0.1, 0.15) is 17.4 Å². The highest BCUT2D eigenvalue weighted by atomic mass is 16.5. The number of nitrogens with zero attached hydrogens (tertiary/aromatic N) is 3. The summed E-state index contributed by atoms with van der Waals surface area (Å²) >= 11 is 0. The predicted molar refractivity (Wildman–Crippen MR) is 96.6 cm³/mol. The van der Waals surface area contributed by atoms with Crippen molar-refractivity contribution in [3.05, 3.63) is 52.9 Å². The molecule has 1 aliphatic heterocycles. The van der Waals surface area contributed by atoms with Gasteiger partial charge < -0.3 is 14.2 Å². The van der Waals surface area contributed by atoms with Gasteiger partial charge in [0.05, 0.1) is 7.11 Å². The molecule has 1 aromatic heterocycles. The zero-order chi connectivity index (χ0) is 18.0. The summed E-state index contributed by atoms with van der Waals surface area (Å²) in [5.74, 6) is 0.626. The Hall–Kier alpha value is -3.00. The number of aryl methyl sites for hydroxylation is 1. The largest absolute Gasteiger partial charge is 0.497 e. The van der Waals surface area contributed by atoms with Crippen molar-refractivity contribution in [2.75, 3.05) is 20.2 Å². The second-order valence-corrected chi connectivity index (χ2v) is 6.18. The zero-order valence-electron chi connectivity index (χ0n) is 14.7. The summed E-state index contributed by atoms with van der Waals surface area (Å²) in [4.78, 5) is 14.0. The molecule has 0 N–H and O–H groups in total. The van der Waals surface area contributed by atoms with Gasteiger partial charge in [0.2, 0.25) is 0 Å². The number of carbonyl (C=O) groups is 1. The molecule has 2 heterocycles. The van der Waals surface area contributed by atoms with Crippen LogP contribution >= 0.6 is 0 Å². The molecular weight excluding hydrogens is 314 g/mol. The monoisotopic (exact) mass is 335 g/mol. The predicted octanol–water partition coefficient (Wildman–Crippen LogP) is 3.24. The van der Waals surface area contributed by atoms with Gasteiger partial charge in [-0.15, -0.1) is 0 Å². The van der Waals surface area contributed by atoms with E-state index in [1.165, 1.54) is 0 Å². The molecule has 128 valence electrons. The maximum absolute atomic E-state index is 12.3. The minimum absolute atomic E-state index is 0.178. The van der Waals surface area contributed by atoms with Gasteiger partial charge in [-0.25, -0.2) is 0 Å². The third-order valence-corrected chi connectivity index (χ3v) is 4.59. The number of hydrogen-bond donors (Lipinski definition) is 0. The van der Waals surface area contributed by atoms with Crippen molar-refractivity contribution in [3.63, 3.8) is 0 Å². The quantitative estimate of drug-likeness (QED) is 0.636. The Kier molecular flexibility index (Phi) is 4.62. The van der Waals surface area contributed by atoms with E-state index in [4.69, 9.17) is 4.74 Å². The van der Waals surface area contributed by atoms with E-state index in [0.717, 1.165) is 47.9 Å². The first-order valence-corrected chi connectivity index (χ1v) is 8.29. The fraction of sp³-hybridized carbons (Fsp3) is 0.300. The number of likely N-dealkylation sites (tertiary alicyclic amines) is 1. The van der Waals surface area contributed by atoms with Crippen LogP contribution in [0.25, 0.3) is 11.8 Å². The standard InChI is InChI=1S/C20H21N3O2/c1-14-11-16(12-17(13-21)20(24)22-9-4-10-22)15(2)23(14)18-5-7-19(25-3)8-6-18/h5-8,11-12H,4,9-10H2,1-3H3. The molecule has 1 fully saturated rings. The first kappa shape index (κ1) is 16.8.